The molecule has 354 valence electrons. The molecular formula is C70H42N4O2. The largest absolute Gasteiger partial charge is 0.456 e. The molecule has 2 aliphatic carbocycles. The molecule has 6 nitrogen and oxygen atoms in total. The van der Waals surface area contributed by atoms with Gasteiger partial charge in [0, 0.05) is 33.0 Å². The number of anilines is 3. The number of fused-ring (bicyclic) bond motifs is 15. The van der Waals surface area contributed by atoms with Gasteiger partial charge in [0.25, 0.3) is 0 Å². The maximum Gasteiger partial charge on any atom is 0.164 e. The number of benzene rings is 11. The fourth-order valence-electron chi connectivity index (χ4n) is 12.5. The third-order valence-electron chi connectivity index (χ3n) is 15.7. The number of furan rings is 1. The number of hydrogen-bond acceptors (Lipinski definition) is 6. The zero-order valence-electron chi connectivity index (χ0n) is 40.9. The maximum absolute atomic E-state index is 6.91. The van der Waals surface area contributed by atoms with Crippen LogP contribution in [0.3, 0.4) is 0 Å². The summed E-state index contributed by atoms with van der Waals surface area (Å²) in [6, 6.07) is 90.4. The summed E-state index contributed by atoms with van der Waals surface area (Å²) < 4.78 is 13.5. The summed E-state index contributed by atoms with van der Waals surface area (Å²) in [5.41, 5.74) is 21.5. The standard InChI is InChI=1S/C70H42N4O2/c1-3-18-43(19-4-1)67-71-68(44-20-5-2-6-21-44)73-69(72-67)52-27-16-35-63-65(52)53-41-47(37-39-61(53)75-63)45-22-15-23-46(40-45)48-36-38-59-64(42-48)76-62-34-14-13-32-58(62)74(59)60-33-17-31-57-66(60)51-26-9-12-30-56(51)70(57)54-28-10-7-24-49(54)50-25-8-11-29-55(50)70/h1-42H. The molecular weight excluding hydrogens is 929 g/mol. The highest BCUT2D eigenvalue weighted by Gasteiger charge is 2.52. The lowest BCUT2D eigenvalue weighted by molar-refractivity contribution is 0.477. The summed E-state index contributed by atoms with van der Waals surface area (Å²) in [7, 11) is 0. The number of aromatic nitrogens is 3. The molecule has 0 unspecified atom stereocenters. The van der Waals surface area contributed by atoms with Gasteiger partial charge in [0.05, 0.1) is 22.5 Å². The Labute approximate surface area is 438 Å². The van der Waals surface area contributed by atoms with E-state index in [0.717, 1.165) is 89.4 Å². The molecule has 6 heteroatoms. The van der Waals surface area contributed by atoms with E-state index in [4.69, 9.17) is 24.1 Å². The van der Waals surface area contributed by atoms with E-state index in [1.54, 1.807) is 0 Å². The van der Waals surface area contributed by atoms with E-state index in [0.29, 0.717) is 17.5 Å². The Hall–Kier alpha value is -10.2. The van der Waals surface area contributed by atoms with Crippen LogP contribution in [0.5, 0.6) is 11.5 Å². The molecule has 1 aliphatic heterocycles. The van der Waals surface area contributed by atoms with Crippen LogP contribution in [0.25, 0.3) is 101 Å². The first-order valence-corrected chi connectivity index (χ1v) is 25.7. The second kappa shape index (κ2) is 16.4. The lowest BCUT2D eigenvalue weighted by atomic mass is 9.70. The second-order valence-corrected chi connectivity index (χ2v) is 19.8. The van der Waals surface area contributed by atoms with Crippen molar-refractivity contribution in [1.82, 2.24) is 15.0 Å². The summed E-state index contributed by atoms with van der Waals surface area (Å²) in [5.74, 6) is 3.40. The second-order valence-electron chi connectivity index (χ2n) is 19.8. The Bertz CT molecular complexity index is 4420. The summed E-state index contributed by atoms with van der Waals surface area (Å²) in [6.07, 6.45) is 0. The summed E-state index contributed by atoms with van der Waals surface area (Å²) in [5, 5.41) is 1.94. The van der Waals surface area contributed by atoms with Crippen molar-refractivity contribution in [1.29, 1.82) is 0 Å². The van der Waals surface area contributed by atoms with Gasteiger partial charge in [0.1, 0.15) is 11.2 Å². The first kappa shape index (κ1) is 42.3. The highest BCUT2D eigenvalue weighted by atomic mass is 16.5. The third kappa shape index (κ3) is 6.19. The Balaban J connectivity index is 0.803. The first-order valence-electron chi connectivity index (χ1n) is 25.7. The molecule has 1 spiro atoms. The van der Waals surface area contributed by atoms with Gasteiger partial charge < -0.3 is 14.1 Å². The van der Waals surface area contributed by atoms with Crippen LogP contribution in [0, 0.1) is 0 Å². The minimum Gasteiger partial charge on any atom is -0.456 e. The van der Waals surface area contributed by atoms with Crippen LogP contribution in [-0.4, -0.2) is 15.0 Å². The van der Waals surface area contributed by atoms with E-state index in [1.807, 2.05) is 72.8 Å². The zero-order chi connectivity index (χ0) is 49.9. The number of ether oxygens (including phenoxy) is 1. The molecule has 11 aromatic carbocycles. The molecule has 16 rings (SSSR count). The van der Waals surface area contributed by atoms with Gasteiger partial charge in [-0.2, -0.15) is 0 Å². The van der Waals surface area contributed by atoms with Crippen LogP contribution in [-0.2, 0) is 5.41 Å². The average Bonchev–Trinajstić information content (AvgIpc) is 4.34. The molecule has 0 saturated heterocycles. The number of nitrogens with zero attached hydrogens (tertiary/aromatic N) is 4. The predicted molar refractivity (Wildman–Crippen MR) is 305 cm³/mol. The normalized spacial score (nSPS) is 13.2. The van der Waals surface area contributed by atoms with Crippen molar-refractivity contribution in [3.8, 4) is 90.2 Å². The van der Waals surface area contributed by atoms with Crippen molar-refractivity contribution in [3.63, 3.8) is 0 Å². The highest BCUT2D eigenvalue weighted by Crippen LogP contribution is 2.65. The van der Waals surface area contributed by atoms with E-state index in [2.05, 4.69) is 187 Å². The minimum atomic E-state index is -0.455. The van der Waals surface area contributed by atoms with Crippen LogP contribution in [0.15, 0.2) is 259 Å². The van der Waals surface area contributed by atoms with Crippen LogP contribution >= 0.6 is 0 Å². The van der Waals surface area contributed by atoms with Crippen LogP contribution in [0.4, 0.5) is 17.1 Å². The van der Waals surface area contributed by atoms with Gasteiger partial charge in [-0.25, -0.2) is 15.0 Å². The number of hydrogen-bond donors (Lipinski definition) is 0. The lowest BCUT2D eigenvalue weighted by Crippen LogP contribution is -2.26. The molecule has 13 aromatic rings. The monoisotopic (exact) mass is 970 g/mol. The average molecular weight is 971 g/mol. The van der Waals surface area contributed by atoms with E-state index < -0.39 is 5.41 Å². The van der Waals surface area contributed by atoms with Gasteiger partial charge in [0.15, 0.2) is 29.0 Å². The Kier molecular flexibility index (Phi) is 9.15. The molecule has 0 atom stereocenters. The van der Waals surface area contributed by atoms with Crippen molar-refractivity contribution in [2.24, 2.45) is 0 Å². The van der Waals surface area contributed by atoms with Crippen molar-refractivity contribution in [2.75, 3.05) is 4.90 Å². The summed E-state index contributed by atoms with van der Waals surface area (Å²) >= 11 is 0. The Morgan fingerprint density at radius 3 is 1.54 bits per heavy atom. The molecule has 0 radical (unpaired) electrons. The fraction of sp³-hybridized carbons (Fsp3) is 0.0143. The van der Waals surface area contributed by atoms with E-state index in [1.165, 1.54) is 44.5 Å². The predicted octanol–water partition coefficient (Wildman–Crippen LogP) is 18.0. The first-order chi connectivity index (χ1) is 37.7. The van der Waals surface area contributed by atoms with Gasteiger partial charge in [-0.1, -0.05) is 200 Å². The lowest BCUT2D eigenvalue weighted by Gasteiger charge is -2.35. The van der Waals surface area contributed by atoms with Gasteiger partial charge in [-0.15, -0.1) is 0 Å². The molecule has 0 saturated carbocycles. The van der Waals surface area contributed by atoms with E-state index in [9.17, 15) is 0 Å². The molecule has 0 N–H and O–H groups in total. The maximum atomic E-state index is 6.91. The van der Waals surface area contributed by atoms with Gasteiger partial charge >= 0.3 is 0 Å². The number of para-hydroxylation sites is 2. The minimum absolute atomic E-state index is 0.455. The summed E-state index contributed by atoms with van der Waals surface area (Å²) in [4.78, 5) is 17.6. The Morgan fingerprint density at radius 1 is 0.316 bits per heavy atom. The molecule has 76 heavy (non-hydrogen) atoms. The molecule has 0 fully saturated rings. The molecule has 3 heterocycles. The zero-order valence-corrected chi connectivity index (χ0v) is 40.9. The van der Waals surface area contributed by atoms with Crippen LogP contribution in [0.1, 0.15) is 22.3 Å². The third-order valence-corrected chi connectivity index (χ3v) is 15.7. The van der Waals surface area contributed by atoms with Gasteiger partial charge in [-0.3, -0.25) is 0 Å². The fourth-order valence-corrected chi connectivity index (χ4v) is 12.5. The van der Waals surface area contributed by atoms with Crippen LogP contribution < -0.4 is 9.64 Å². The summed E-state index contributed by atoms with van der Waals surface area (Å²) in [6.45, 7) is 0. The highest BCUT2D eigenvalue weighted by molar-refractivity contribution is 6.13. The van der Waals surface area contributed by atoms with Crippen LogP contribution in [0.2, 0.25) is 0 Å². The van der Waals surface area contributed by atoms with Crippen molar-refractivity contribution < 1.29 is 9.15 Å². The molecule has 0 bridgehead atoms. The van der Waals surface area contributed by atoms with Crippen molar-refractivity contribution >= 4 is 39.0 Å². The molecule has 2 aromatic heterocycles. The SMILES string of the molecule is c1ccc(-c2nc(-c3ccccc3)nc(-c3cccc4oc5ccc(-c6cccc(-c7ccc8c(c7)Oc7ccccc7N8c7cccc8c7-c7ccccc7C87c8ccccc8-c8ccccc87)c6)cc5c34)n2)cc1. The van der Waals surface area contributed by atoms with Gasteiger partial charge in [-0.05, 0) is 116 Å². The van der Waals surface area contributed by atoms with E-state index in [-0.39, 0.29) is 0 Å². The number of rotatable bonds is 6. The molecule has 0 amide bonds. The van der Waals surface area contributed by atoms with Crippen molar-refractivity contribution in [2.45, 2.75) is 5.41 Å². The van der Waals surface area contributed by atoms with Crippen molar-refractivity contribution in [3.05, 3.63) is 277 Å². The smallest absolute Gasteiger partial charge is 0.164 e. The quantitative estimate of drug-likeness (QED) is 0.165. The van der Waals surface area contributed by atoms with Gasteiger partial charge in [0.2, 0.25) is 0 Å². The van der Waals surface area contributed by atoms with E-state index >= 15 is 0 Å². The topological polar surface area (TPSA) is 64.3 Å². The molecule has 3 aliphatic rings. The Morgan fingerprint density at radius 2 is 0.816 bits per heavy atom.